The summed E-state index contributed by atoms with van der Waals surface area (Å²) in [7, 11) is 1.65. The Bertz CT molecular complexity index is 466. The van der Waals surface area contributed by atoms with Gasteiger partial charge in [0.25, 0.3) is 5.91 Å². The number of amides is 1. The molecule has 0 saturated carbocycles. The number of rotatable bonds is 4. The summed E-state index contributed by atoms with van der Waals surface area (Å²) in [6.45, 7) is 5.26. The van der Waals surface area contributed by atoms with Gasteiger partial charge in [0, 0.05) is 45.6 Å². The van der Waals surface area contributed by atoms with E-state index in [1.54, 1.807) is 7.05 Å². The topological polar surface area (TPSA) is 91.3 Å². The molecule has 112 valence electrons. The molecule has 1 aliphatic heterocycles. The van der Waals surface area contributed by atoms with Crippen LogP contribution >= 0.6 is 0 Å². The Kier molecular flexibility index (Phi) is 4.39. The van der Waals surface area contributed by atoms with Crippen molar-refractivity contribution >= 4 is 5.91 Å². The third-order valence-electron chi connectivity index (χ3n) is 3.54. The van der Waals surface area contributed by atoms with E-state index in [0.29, 0.717) is 31.9 Å². The third kappa shape index (κ3) is 3.34. The van der Waals surface area contributed by atoms with E-state index in [2.05, 4.69) is 15.2 Å². The molecule has 1 aromatic heterocycles. The Balaban J connectivity index is 2.00. The molecule has 0 aliphatic carbocycles. The number of carbonyl (C=O) groups is 1. The average molecular weight is 282 g/mol. The molecule has 7 heteroatoms. The number of nitrogens with one attached hydrogen (secondary N) is 1. The first-order chi connectivity index (χ1) is 9.41. The molecule has 1 saturated heterocycles. The highest BCUT2D eigenvalue weighted by Crippen LogP contribution is 2.21. The summed E-state index contributed by atoms with van der Waals surface area (Å²) >= 11 is 0. The van der Waals surface area contributed by atoms with Crippen molar-refractivity contribution in [1.82, 2.24) is 20.1 Å². The van der Waals surface area contributed by atoms with Crippen LogP contribution in [0.15, 0.2) is 0 Å². The van der Waals surface area contributed by atoms with Crippen molar-refractivity contribution < 1.29 is 14.6 Å². The SMILES string of the molecule is CC(C)c1nc(C(=O)N(C)CC2(O)CCOCC2)n[nH]1. The Labute approximate surface area is 118 Å². The van der Waals surface area contributed by atoms with Crippen molar-refractivity contribution in [3.05, 3.63) is 11.6 Å². The zero-order valence-corrected chi connectivity index (χ0v) is 12.2. The number of likely N-dealkylation sites (N-methyl/N-ethyl adjacent to an activating group) is 1. The maximum absolute atomic E-state index is 12.2. The minimum absolute atomic E-state index is 0.145. The van der Waals surface area contributed by atoms with Gasteiger partial charge in [-0.25, -0.2) is 4.98 Å². The van der Waals surface area contributed by atoms with E-state index >= 15 is 0 Å². The van der Waals surface area contributed by atoms with Crippen molar-refractivity contribution in [2.75, 3.05) is 26.8 Å². The molecule has 2 N–H and O–H groups in total. The average Bonchev–Trinajstić information content (AvgIpc) is 2.87. The fourth-order valence-electron chi connectivity index (χ4n) is 2.22. The number of hydrogen-bond acceptors (Lipinski definition) is 5. The van der Waals surface area contributed by atoms with Crippen LogP contribution in [0.1, 0.15) is 49.1 Å². The summed E-state index contributed by atoms with van der Waals surface area (Å²) in [5.74, 6) is 0.737. The van der Waals surface area contributed by atoms with Gasteiger partial charge >= 0.3 is 0 Å². The first-order valence-corrected chi connectivity index (χ1v) is 6.89. The molecule has 0 unspecified atom stereocenters. The molecule has 1 fully saturated rings. The summed E-state index contributed by atoms with van der Waals surface area (Å²) in [5.41, 5.74) is -0.875. The molecule has 0 radical (unpaired) electrons. The second kappa shape index (κ2) is 5.88. The highest BCUT2D eigenvalue weighted by Gasteiger charge is 2.33. The lowest BCUT2D eigenvalue weighted by atomic mass is 9.94. The lowest BCUT2D eigenvalue weighted by Gasteiger charge is -2.35. The standard InChI is InChI=1S/C13H22N4O3/c1-9(2)10-14-11(16-15-10)12(18)17(3)8-13(19)4-6-20-7-5-13/h9,19H,4-8H2,1-3H3,(H,14,15,16). The molecule has 0 atom stereocenters. The van der Waals surface area contributed by atoms with E-state index in [1.165, 1.54) is 4.90 Å². The van der Waals surface area contributed by atoms with Gasteiger partial charge in [0.15, 0.2) is 0 Å². The molecule has 2 heterocycles. The second-order valence-corrected chi connectivity index (χ2v) is 5.70. The highest BCUT2D eigenvalue weighted by molar-refractivity contribution is 5.90. The van der Waals surface area contributed by atoms with Crippen molar-refractivity contribution in [3.8, 4) is 0 Å². The van der Waals surface area contributed by atoms with Gasteiger partial charge in [-0.3, -0.25) is 9.89 Å². The minimum Gasteiger partial charge on any atom is -0.388 e. The molecule has 2 rings (SSSR count). The van der Waals surface area contributed by atoms with Crippen molar-refractivity contribution in [2.45, 2.75) is 38.2 Å². The maximum atomic E-state index is 12.2. The van der Waals surface area contributed by atoms with Crippen molar-refractivity contribution in [2.24, 2.45) is 0 Å². The van der Waals surface area contributed by atoms with E-state index in [4.69, 9.17) is 4.74 Å². The molecule has 0 spiro atoms. The zero-order chi connectivity index (χ0) is 14.8. The number of nitrogens with zero attached hydrogens (tertiary/aromatic N) is 3. The Morgan fingerprint density at radius 1 is 1.50 bits per heavy atom. The summed E-state index contributed by atoms with van der Waals surface area (Å²) in [6.07, 6.45) is 1.08. The summed E-state index contributed by atoms with van der Waals surface area (Å²) in [5, 5.41) is 17.1. The van der Waals surface area contributed by atoms with Crippen molar-refractivity contribution in [3.63, 3.8) is 0 Å². The van der Waals surface area contributed by atoms with Gasteiger partial charge in [-0.2, -0.15) is 0 Å². The van der Waals surface area contributed by atoms with Gasteiger partial charge in [0.2, 0.25) is 5.82 Å². The Morgan fingerprint density at radius 3 is 2.70 bits per heavy atom. The number of aromatic amines is 1. The Morgan fingerprint density at radius 2 is 2.15 bits per heavy atom. The van der Waals surface area contributed by atoms with Crippen LogP contribution in [0.5, 0.6) is 0 Å². The van der Waals surface area contributed by atoms with E-state index in [9.17, 15) is 9.90 Å². The van der Waals surface area contributed by atoms with Gasteiger partial charge in [0.1, 0.15) is 5.82 Å². The van der Waals surface area contributed by atoms with Crippen LogP contribution in [0, 0.1) is 0 Å². The van der Waals surface area contributed by atoms with Crippen LogP contribution in [0.3, 0.4) is 0 Å². The van der Waals surface area contributed by atoms with E-state index in [-0.39, 0.29) is 24.2 Å². The van der Waals surface area contributed by atoms with Crippen LogP contribution in [0.4, 0.5) is 0 Å². The van der Waals surface area contributed by atoms with E-state index in [0.717, 1.165) is 0 Å². The first-order valence-electron chi connectivity index (χ1n) is 6.89. The lowest BCUT2D eigenvalue weighted by molar-refractivity contribution is -0.0735. The molecule has 1 aliphatic rings. The number of carbonyl (C=O) groups excluding carboxylic acids is 1. The quantitative estimate of drug-likeness (QED) is 0.841. The fraction of sp³-hybridized carbons (Fsp3) is 0.769. The van der Waals surface area contributed by atoms with E-state index < -0.39 is 5.60 Å². The zero-order valence-electron chi connectivity index (χ0n) is 12.2. The van der Waals surface area contributed by atoms with Gasteiger partial charge in [-0.1, -0.05) is 13.8 Å². The number of aliphatic hydroxyl groups is 1. The number of H-pyrrole nitrogens is 1. The van der Waals surface area contributed by atoms with Crippen LogP contribution in [0.25, 0.3) is 0 Å². The molecule has 0 aromatic carbocycles. The maximum Gasteiger partial charge on any atom is 0.293 e. The lowest BCUT2D eigenvalue weighted by Crippen LogP contribution is -2.47. The second-order valence-electron chi connectivity index (χ2n) is 5.70. The van der Waals surface area contributed by atoms with Crippen LogP contribution in [-0.2, 0) is 4.74 Å². The molecule has 1 amide bonds. The van der Waals surface area contributed by atoms with Crippen LogP contribution < -0.4 is 0 Å². The highest BCUT2D eigenvalue weighted by atomic mass is 16.5. The number of ether oxygens (including phenoxy) is 1. The smallest absolute Gasteiger partial charge is 0.293 e. The van der Waals surface area contributed by atoms with Crippen LogP contribution in [-0.4, -0.2) is 63.5 Å². The number of aromatic nitrogens is 3. The predicted molar refractivity (Wildman–Crippen MR) is 72.4 cm³/mol. The normalized spacial score (nSPS) is 18.2. The van der Waals surface area contributed by atoms with Gasteiger partial charge in [-0.15, -0.1) is 5.10 Å². The molecular formula is C13H22N4O3. The summed E-state index contributed by atoms with van der Waals surface area (Å²) in [6, 6.07) is 0. The predicted octanol–water partition coefficient (Wildman–Crippen LogP) is 0.542. The fourth-order valence-corrected chi connectivity index (χ4v) is 2.22. The summed E-state index contributed by atoms with van der Waals surface area (Å²) in [4.78, 5) is 17.9. The summed E-state index contributed by atoms with van der Waals surface area (Å²) < 4.78 is 5.23. The molecule has 7 nitrogen and oxygen atoms in total. The van der Waals surface area contributed by atoms with Crippen molar-refractivity contribution in [1.29, 1.82) is 0 Å². The minimum atomic E-state index is -0.875. The van der Waals surface area contributed by atoms with Gasteiger partial charge in [-0.05, 0) is 0 Å². The largest absolute Gasteiger partial charge is 0.388 e. The first kappa shape index (κ1) is 14.9. The Hall–Kier alpha value is -1.47. The molecular weight excluding hydrogens is 260 g/mol. The van der Waals surface area contributed by atoms with Gasteiger partial charge < -0.3 is 14.7 Å². The van der Waals surface area contributed by atoms with E-state index in [1.807, 2.05) is 13.8 Å². The monoisotopic (exact) mass is 282 g/mol. The molecule has 1 aromatic rings. The molecule has 20 heavy (non-hydrogen) atoms. The number of hydrogen-bond donors (Lipinski definition) is 2. The third-order valence-corrected chi connectivity index (χ3v) is 3.54. The van der Waals surface area contributed by atoms with Crippen LogP contribution in [0.2, 0.25) is 0 Å². The van der Waals surface area contributed by atoms with Gasteiger partial charge in [0.05, 0.1) is 5.60 Å². The molecule has 0 bridgehead atoms.